The maximum Gasteiger partial charge on any atom is 0.157 e. The van der Waals surface area contributed by atoms with Crippen LogP contribution in [0.3, 0.4) is 0 Å². The van der Waals surface area contributed by atoms with Crippen molar-refractivity contribution < 1.29 is 10.2 Å². The molecule has 3 aromatic rings. The summed E-state index contributed by atoms with van der Waals surface area (Å²) in [6.45, 7) is 8.52. The molecule has 2 aliphatic carbocycles. The SMILES string of the molecule is [CH2][C@@H]1C[C@@H](Nc2ccnc3cc(-c4ccc5c(c4)C(C)(C)CC5)nn23)[C@H](O)[C@@H]1O. The number of fused-ring (bicyclic) bond motifs is 2. The van der Waals surface area contributed by atoms with Gasteiger partial charge in [-0.05, 0) is 60.8 Å². The predicted octanol–water partition coefficient (Wildman–Crippen LogP) is 2.98. The van der Waals surface area contributed by atoms with Gasteiger partial charge in [0.05, 0.1) is 17.8 Å². The number of benzene rings is 1. The third kappa shape index (κ3) is 3.02. The van der Waals surface area contributed by atoms with Crippen LogP contribution in [0.2, 0.25) is 0 Å². The molecule has 3 N–H and O–H groups in total. The molecule has 1 radical (unpaired) electrons. The molecule has 1 saturated carbocycles. The van der Waals surface area contributed by atoms with Gasteiger partial charge in [-0.2, -0.15) is 9.61 Å². The molecule has 0 spiro atoms. The first-order valence-electron chi connectivity index (χ1n) is 10.3. The highest BCUT2D eigenvalue weighted by atomic mass is 16.3. The third-order valence-corrected chi connectivity index (χ3v) is 6.65. The van der Waals surface area contributed by atoms with Crippen LogP contribution in [0.4, 0.5) is 5.82 Å². The molecule has 0 unspecified atom stereocenters. The molecule has 0 saturated heterocycles. The van der Waals surface area contributed by atoms with Crippen molar-refractivity contribution in [3.05, 3.63) is 54.6 Å². The second kappa shape index (κ2) is 6.54. The molecule has 4 atom stereocenters. The van der Waals surface area contributed by atoms with Gasteiger partial charge in [-0.3, -0.25) is 0 Å². The second-order valence-corrected chi connectivity index (χ2v) is 9.11. The quantitative estimate of drug-likeness (QED) is 0.639. The number of aliphatic hydroxyl groups is 2. The van der Waals surface area contributed by atoms with Gasteiger partial charge >= 0.3 is 0 Å². The minimum atomic E-state index is -0.852. The van der Waals surface area contributed by atoms with Gasteiger partial charge in [-0.25, -0.2) is 4.98 Å². The Bertz CT molecular complexity index is 1070. The summed E-state index contributed by atoms with van der Waals surface area (Å²) in [7, 11) is 0. The number of anilines is 1. The van der Waals surface area contributed by atoms with Crippen molar-refractivity contribution in [2.24, 2.45) is 5.92 Å². The van der Waals surface area contributed by atoms with Crippen LogP contribution in [0.5, 0.6) is 0 Å². The highest BCUT2D eigenvalue weighted by Gasteiger charge is 2.39. The highest BCUT2D eigenvalue weighted by molar-refractivity contribution is 5.67. The lowest BCUT2D eigenvalue weighted by Gasteiger charge is -2.19. The number of aliphatic hydroxyl groups excluding tert-OH is 2. The molecule has 1 aromatic carbocycles. The van der Waals surface area contributed by atoms with E-state index < -0.39 is 12.2 Å². The number of nitrogens with zero attached hydrogens (tertiary/aromatic N) is 3. The van der Waals surface area contributed by atoms with Crippen molar-refractivity contribution >= 4 is 11.5 Å². The number of nitrogens with one attached hydrogen (secondary N) is 1. The Morgan fingerprint density at radius 2 is 2.00 bits per heavy atom. The Balaban J connectivity index is 1.50. The van der Waals surface area contributed by atoms with Crippen molar-refractivity contribution in [2.45, 2.75) is 56.8 Å². The van der Waals surface area contributed by atoms with E-state index >= 15 is 0 Å². The van der Waals surface area contributed by atoms with Crippen molar-refractivity contribution in [1.82, 2.24) is 14.6 Å². The lowest BCUT2D eigenvalue weighted by Crippen LogP contribution is -2.35. The Morgan fingerprint density at radius 1 is 1.17 bits per heavy atom. The van der Waals surface area contributed by atoms with Crippen LogP contribution in [0.1, 0.15) is 37.8 Å². The lowest BCUT2D eigenvalue weighted by atomic mass is 9.85. The molecular formula is C23H27N4O2. The van der Waals surface area contributed by atoms with E-state index in [1.165, 1.54) is 17.5 Å². The zero-order chi connectivity index (χ0) is 20.3. The molecule has 0 bridgehead atoms. The molecule has 0 aliphatic heterocycles. The van der Waals surface area contributed by atoms with Gasteiger partial charge in [-0.15, -0.1) is 0 Å². The lowest BCUT2D eigenvalue weighted by molar-refractivity contribution is 0.0256. The molecule has 6 heteroatoms. The first-order valence-corrected chi connectivity index (χ1v) is 10.3. The normalized spacial score (nSPS) is 28.0. The van der Waals surface area contributed by atoms with Crippen LogP contribution in [0.25, 0.3) is 16.9 Å². The number of aryl methyl sites for hydroxylation is 1. The van der Waals surface area contributed by atoms with E-state index in [0.717, 1.165) is 29.1 Å². The fourth-order valence-corrected chi connectivity index (χ4v) is 4.77. The molecule has 2 aromatic heterocycles. The Hall–Kier alpha value is -2.44. The van der Waals surface area contributed by atoms with Gasteiger partial charge in [0.2, 0.25) is 0 Å². The van der Waals surface area contributed by atoms with Crippen molar-refractivity contribution in [3.8, 4) is 11.3 Å². The molecule has 1 fully saturated rings. The van der Waals surface area contributed by atoms with Crippen molar-refractivity contribution in [2.75, 3.05) is 5.32 Å². The summed E-state index contributed by atoms with van der Waals surface area (Å²) in [6.07, 6.45) is 2.97. The van der Waals surface area contributed by atoms with E-state index in [2.05, 4.69) is 49.3 Å². The van der Waals surface area contributed by atoms with Gasteiger partial charge < -0.3 is 15.5 Å². The minimum Gasteiger partial charge on any atom is -0.390 e. The maximum absolute atomic E-state index is 10.3. The average Bonchev–Trinajstić information content (AvgIpc) is 3.34. The van der Waals surface area contributed by atoms with Crippen LogP contribution in [-0.4, -0.2) is 43.1 Å². The van der Waals surface area contributed by atoms with Crippen LogP contribution in [-0.2, 0) is 11.8 Å². The van der Waals surface area contributed by atoms with E-state index in [9.17, 15) is 10.2 Å². The Labute approximate surface area is 170 Å². The smallest absolute Gasteiger partial charge is 0.157 e. The largest absolute Gasteiger partial charge is 0.390 e. The summed E-state index contributed by atoms with van der Waals surface area (Å²) < 4.78 is 1.77. The number of aromatic nitrogens is 3. The summed E-state index contributed by atoms with van der Waals surface area (Å²) >= 11 is 0. The van der Waals surface area contributed by atoms with Gasteiger partial charge in [-0.1, -0.05) is 26.0 Å². The van der Waals surface area contributed by atoms with Crippen molar-refractivity contribution in [3.63, 3.8) is 0 Å². The third-order valence-electron chi connectivity index (χ3n) is 6.65. The minimum absolute atomic E-state index is 0.192. The maximum atomic E-state index is 10.3. The first kappa shape index (κ1) is 18.6. The van der Waals surface area contributed by atoms with Crippen LogP contribution in [0.15, 0.2) is 36.5 Å². The van der Waals surface area contributed by atoms with E-state index in [1.807, 2.05) is 12.1 Å². The fourth-order valence-electron chi connectivity index (χ4n) is 4.77. The molecule has 6 nitrogen and oxygen atoms in total. The standard InChI is InChI=1S/C23H27N4O2/c1-13-10-18(22(29)21(13)28)25-19-7-9-24-20-12-17(26-27(19)20)15-5-4-14-6-8-23(2,3)16(14)11-15/h4-5,7,9,11-13,18,21-22,25,28-29H,1,6,8,10H2,2-3H3/t13-,18-,21-,22+/m1/s1. The highest BCUT2D eigenvalue weighted by Crippen LogP contribution is 2.40. The number of rotatable bonds is 3. The molecule has 29 heavy (non-hydrogen) atoms. The summed E-state index contributed by atoms with van der Waals surface area (Å²) in [6, 6.07) is 10.2. The van der Waals surface area contributed by atoms with Gasteiger partial charge in [0.25, 0.3) is 0 Å². The van der Waals surface area contributed by atoms with Gasteiger partial charge in [0, 0.05) is 17.8 Å². The Kier molecular flexibility index (Phi) is 4.19. The molecular weight excluding hydrogens is 364 g/mol. The summed E-state index contributed by atoms with van der Waals surface area (Å²) in [5.41, 5.74) is 5.73. The fraction of sp³-hybridized carbons (Fsp3) is 0.435. The summed E-state index contributed by atoms with van der Waals surface area (Å²) in [5, 5.41) is 28.4. The zero-order valence-electron chi connectivity index (χ0n) is 16.8. The summed E-state index contributed by atoms with van der Waals surface area (Å²) in [5.74, 6) is 0.552. The van der Waals surface area contributed by atoms with E-state index in [1.54, 1.807) is 10.7 Å². The molecule has 151 valence electrons. The van der Waals surface area contributed by atoms with E-state index in [-0.39, 0.29) is 17.4 Å². The van der Waals surface area contributed by atoms with E-state index in [0.29, 0.717) is 6.42 Å². The summed E-state index contributed by atoms with van der Waals surface area (Å²) in [4.78, 5) is 4.45. The predicted molar refractivity (Wildman–Crippen MR) is 113 cm³/mol. The number of hydrogen-bond donors (Lipinski definition) is 3. The van der Waals surface area contributed by atoms with Crippen LogP contribution in [0, 0.1) is 12.8 Å². The van der Waals surface area contributed by atoms with Gasteiger partial charge in [0.1, 0.15) is 11.9 Å². The second-order valence-electron chi connectivity index (χ2n) is 9.11. The monoisotopic (exact) mass is 391 g/mol. The average molecular weight is 391 g/mol. The molecule has 0 amide bonds. The van der Waals surface area contributed by atoms with Crippen LogP contribution >= 0.6 is 0 Å². The van der Waals surface area contributed by atoms with Gasteiger partial charge in [0.15, 0.2) is 5.65 Å². The van der Waals surface area contributed by atoms with Crippen molar-refractivity contribution in [1.29, 1.82) is 0 Å². The molecule has 5 rings (SSSR count). The Morgan fingerprint density at radius 3 is 2.76 bits per heavy atom. The number of hydrogen-bond acceptors (Lipinski definition) is 5. The van der Waals surface area contributed by atoms with Crippen LogP contribution < -0.4 is 5.32 Å². The molecule has 2 aliphatic rings. The topological polar surface area (TPSA) is 82.7 Å². The zero-order valence-corrected chi connectivity index (χ0v) is 16.8. The van der Waals surface area contributed by atoms with E-state index in [4.69, 9.17) is 5.10 Å². The molecule has 2 heterocycles. The first-order chi connectivity index (χ1) is 13.8.